The van der Waals surface area contributed by atoms with Gasteiger partial charge in [0.25, 0.3) is 0 Å². The van der Waals surface area contributed by atoms with Crippen LogP contribution < -0.4 is 5.32 Å². The number of anilines is 1. The van der Waals surface area contributed by atoms with E-state index in [1.807, 2.05) is 0 Å². The van der Waals surface area contributed by atoms with Crippen LogP contribution >= 0.6 is 11.6 Å². The van der Waals surface area contributed by atoms with Crippen LogP contribution in [0.2, 0.25) is 5.02 Å². The summed E-state index contributed by atoms with van der Waals surface area (Å²) in [5.74, 6) is -3.02. The van der Waals surface area contributed by atoms with Gasteiger partial charge in [-0.1, -0.05) is 23.8 Å². The third-order valence-electron chi connectivity index (χ3n) is 4.04. The number of halogens is 1. The fourth-order valence-corrected chi connectivity index (χ4v) is 3.98. The number of amides is 1. The van der Waals surface area contributed by atoms with Gasteiger partial charge < -0.3 is 10.4 Å². The van der Waals surface area contributed by atoms with Crippen molar-refractivity contribution < 1.29 is 23.1 Å². The van der Waals surface area contributed by atoms with E-state index in [0.29, 0.717) is 6.42 Å². The zero-order valence-corrected chi connectivity index (χ0v) is 15.3. The Bertz CT molecular complexity index is 820. The highest BCUT2D eigenvalue weighted by molar-refractivity contribution is 7.89. The Balaban J connectivity index is 2.27. The molecule has 0 unspecified atom stereocenters. The first-order valence-electron chi connectivity index (χ1n) is 7.55. The van der Waals surface area contributed by atoms with Crippen molar-refractivity contribution in [2.45, 2.75) is 17.7 Å². The third-order valence-corrected chi connectivity index (χ3v) is 6.34. The maximum absolute atomic E-state index is 12.5. The first-order valence-corrected chi connectivity index (χ1v) is 9.37. The molecule has 2 atom stereocenters. The van der Waals surface area contributed by atoms with Crippen molar-refractivity contribution in [3.8, 4) is 0 Å². The van der Waals surface area contributed by atoms with Crippen LogP contribution in [-0.4, -0.2) is 43.8 Å². The van der Waals surface area contributed by atoms with Crippen LogP contribution in [0.15, 0.2) is 35.2 Å². The molecular weight excluding hydrogens is 368 g/mol. The fraction of sp³-hybridized carbons (Fsp3) is 0.375. The summed E-state index contributed by atoms with van der Waals surface area (Å²) in [5.41, 5.74) is 0.244. The predicted molar refractivity (Wildman–Crippen MR) is 93.9 cm³/mol. The molecule has 2 N–H and O–H groups in total. The number of nitrogens with one attached hydrogen (secondary N) is 1. The SMILES string of the molecule is CN(C)S(=O)(=O)c1cc(NC(=O)[C@H]2CC=CC[C@@H]2C(=O)O)ccc1Cl. The molecule has 0 aliphatic heterocycles. The van der Waals surface area contributed by atoms with Gasteiger partial charge in [0.2, 0.25) is 15.9 Å². The number of carbonyl (C=O) groups is 2. The van der Waals surface area contributed by atoms with Crippen molar-refractivity contribution >= 4 is 39.2 Å². The van der Waals surface area contributed by atoms with Gasteiger partial charge in [0.05, 0.1) is 16.9 Å². The molecule has 0 saturated heterocycles. The van der Waals surface area contributed by atoms with Crippen LogP contribution in [0.3, 0.4) is 0 Å². The lowest BCUT2D eigenvalue weighted by Gasteiger charge is -2.24. The predicted octanol–water partition coefficient (Wildman–Crippen LogP) is 2.20. The number of allylic oxidation sites excluding steroid dienone is 2. The summed E-state index contributed by atoms with van der Waals surface area (Å²) in [6.07, 6.45) is 4.12. The smallest absolute Gasteiger partial charge is 0.307 e. The number of carboxylic acid groups (broad SMARTS) is 1. The molecule has 0 aromatic heterocycles. The van der Waals surface area contributed by atoms with E-state index in [1.54, 1.807) is 12.2 Å². The molecule has 136 valence electrons. The Labute approximate surface area is 151 Å². The third kappa shape index (κ3) is 4.20. The second-order valence-corrected chi connectivity index (χ2v) is 8.44. The van der Waals surface area contributed by atoms with E-state index in [4.69, 9.17) is 11.6 Å². The molecule has 0 radical (unpaired) electrons. The standard InChI is InChI=1S/C16H19ClN2O5S/c1-19(2)25(23,24)14-9-10(7-8-13(14)17)18-15(20)11-5-3-4-6-12(11)16(21)22/h3-4,7-9,11-12H,5-6H2,1-2H3,(H,18,20)(H,21,22)/t11-,12-/m0/s1. The first-order chi connectivity index (χ1) is 11.6. The molecule has 25 heavy (non-hydrogen) atoms. The topological polar surface area (TPSA) is 104 Å². The van der Waals surface area contributed by atoms with E-state index >= 15 is 0 Å². The van der Waals surface area contributed by atoms with Crippen molar-refractivity contribution in [3.63, 3.8) is 0 Å². The van der Waals surface area contributed by atoms with E-state index in [2.05, 4.69) is 5.32 Å². The van der Waals surface area contributed by atoms with Crippen LogP contribution in [0, 0.1) is 11.8 Å². The lowest BCUT2D eigenvalue weighted by Crippen LogP contribution is -2.34. The quantitative estimate of drug-likeness (QED) is 0.755. The largest absolute Gasteiger partial charge is 0.481 e. The van der Waals surface area contributed by atoms with Gasteiger partial charge in [-0.2, -0.15) is 0 Å². The maximum Gasteiger partial charge on any atom is 0.307 e. The molecule has 0 bridgehead atoms. The van der Waals surface area contributed by atoms with Crippen LogP contribution in [0.5, 0.6) is 0 Å². The molecule has 1 aliphatic rings. The minimum atomic E-state index is -3.77. The average Bonchev–Trinajstić information content (AvgIpc) is 2.56. The normalized spacial score (nSPS) is 20.5. The molecule has 0 fully saturated rings. The number of carboxylic acids is 1. The van der Waals surface area contributed by atoms with Crippen molar-refractivity contribution in [2.75, 3.05) is 19.4 Å². The minimum absolute atomic E-state index is 0.0377. The molecule has 1 aliphatic carbocycles. The van der Waals surface area contributed by atoms with Gasteiger partial charge in [0, 0.05) is 19.8 Å². The zero-order valence-electron chi connectivity index (χ0n) is 13.8. The lowest BCUT2D eigenvalue weighted by molar-refractivity contribution is -0.146. The number of aliphatic carboxylic acids is 1. The summed E-state index contributed by atoms with van der Waals surface area (Å²) in [4.78, 5) is 23.6. The van der Waals surface area contributed by atoms with Gasteiger partial charge in [-0.05, 0) is 31.0 Å². The summed E-state index contributed by atoms with van der Waals surface area (Å²) in [7, 11) is -1.01. The van der Waals surface area contributed by atoms with Crippen molar-refractivity contribution in [1.82, 2.24) is 4.31 Å². The number of hydrogen-bond donors (Lipinski definition) is 2. The molecule has 2 rings (SSSR count). The van der Waals surface area contributed by atoms with Gasteiger partial charge in [0.15, 0.2) is 0 Å². The Hall–Kier alpha value is -1.90. The Kier molecular flexibility index (Phi) is 5.87. The van der Waals surface area contributed by atoms with E-state index < -0.39 is 33.7 Å². The number of nitrogens with zero attached hydrogens (tertiary/aromatic N) is 1. The number of hydrogen-bond acceptors (Lipinski definition) is 4. The zero-order chi connectivity index (χ0) is 18.8. The van der Waals surface area contributed by atoms with Gasteiger partial charge >= 0.3 is 5.97 Å². The molecule has 1 amide bonds. The molecule has 7 nitrogen and oxygen atoms in total. The Morgan fingerprint density at radius 3 is 2.36 bits per heavy atom. The van der Waals surface area contributed by atoms with Crippen LogP contribution in [0.1, 0.15) is 12.8 Å². The van der Waals surface area contributed by atoms with Crippen LogP contribution in [-0.2, 0) is 19.6 Å². The molecule has 0 heterocycles. The number of benzene rings is 1. The van der Waals surface area contributed by atoms with Crippen LogP contribution in [0.25, 0.3) is 0 Å². The molecule has 9 heteroatoms. The summed E-state index contributed by atoms with van der Waals surface area (Å²) < 4.78 is 25.6. The number of carbonyl (C=O) groups excluding carboxylic acids is 1. The van der Waals surface area contributed by atoms with Crippen molar-refractivity contribution in [1.29, 1.82) is 0 Å². The monoisotopic (exact) mass is 386 g/mol. The average molecular weight is 387 g/mol. The van der Waals surface area contributed by atoms with E-state index in [0.717, 1.165) is 4.31 Å². The van der Waals surface area contributed by atoms with Crippen molar-refractivity contribution in [3.05, 3.63) is 35.4 Å². The maximum atomic E-state index is 12.5. The highest BCUT2D eigenvalue weighted by Gasteiger charge is 2.34. The summed E-state index contributed by atoms with van der Waals surface area (Å²) >= 11 is 5.97. The van der Waals surface area contributed by atoms with Crippen LogP contribution in [0.4, 0.5) is 5.69 Å². The number of rotatable bonds is 5. The molecule has 1 aromatic rings. The van der Waals surface area contributed by atoms with Crippen molar-refractivity contribution in [2.24, 2.45) is 11.8 Å². The molecule has 0 saturated carbocycles. The Morgan fingerprint density at radius 2 is 1.80 bits per heavy atom. The van der Waals surface area contributed by atoms with Gasteiger partial charge in [-0.3, -0.25) is 9.59 Å². The van der Waals surface area contributed by atoms with Gasteiger partial charge in [-0.25, -0.2) is 12.7 Å². The molecule has 1 aromatic carbocycles. The second-order valence-electron chi connectivity index (χ2n) is 5.92. The van der Waals surface area contributed by atoms with E-state index in [1.165, 1.54) is 32.3 Å². The highest BCUT2D eigenvalue weighted by atomic mass is 35.5. The second kappa shape index (κ2) is 7.55. The highest BCUT2D eigenvalue weighted by Crippen LogP contribution is 2.30. The van der Waals surface area contributed by atoms with Gasteiger partial charge in [-0.15, -0.1) is 0 Å². The molecular formula is C16H19ClN2O5S. The Morgan fingerprint density at radius 1 is 1.20 bits per heavy atom. The summed E-state index contributed by atoms with van der Waals surface area (Å²) in [6, 6.07) is 4.12. The minimum Gasteiger partial charge on any atom is -0.481 e. The molecule has 0 spiro atoms. The first kappa shape index (κ1) is 19.4. The van der Waals surface area contributed by atoms with E-state index in [9.17, 15) is 23.1 Å². The summed E-state index contributed by atoms with van der Waals surface area (Å²) in [6.45, 7) is 0. The summed E-state index contributed by atoms with van der Waals surface area (Å²) in [5, 5.41) is 11.9. The van der Waals surface area contributed by atoms with Gasteiger partial charge in [0.1, 0.15) is 4.90 Å². The fourth-order valence-electron chi connectivity index (χ4n) is 2.59. The lowest BCUT2D eigenvalue weighted by atomic mass is 9.82. The van der Waals surface area contributed by atoms with E-state index in [-0.39, 0.29) is 22.0 Å². The number of sulfonamides is 1.